The number of rotatable bonds is 1. The van der Waals surface area contributed by atoms with Crippen molar-refractivity contribution in [3.8, 4) is 0 Å². The molecule has 0 spiro atoms. The molecular formula is C11H13FN2Rh. The summed E-state index contributed by atoms with van der Waals surface area (Å²) < 4.78 is 13.0. The van der Waals surface area contributed by atoms with Crippen molar-refractivity contribution in [1.29, 1.82) is 0 Å². The van der Waals surface area contributed by atoms with E-state index in [1.54, 1.807) is 11.9 Å². The van der Waals surface area contributed by atoms with Crippen molar-refractivity contribution in [2.24, 2.45) is 0 Å². The Morgan fingerprint density at radius 3 is 2.60 bits per heavy atom. The van der Waals surface area contributed by atoms with Crippen LogP contribution in [0, 0.1) is 13.5 Å². The summed E-state index contributed by atoms with van der Waals surface area (Å²) in [6.45, 7) is 0.548. The Labute approximate surface area is 103 Å². The first kappa shape index (κ1) is 14.1. The van der Waals surface area contributed by atoms with Crippen molar-refractivity contribution >= 4 is 5.69 Å². The third kappa shape index (κ3) is 3.03. The molecule has 1 radical (unpaired) electrons. The fourth-order valence-corrected chi connectivity index (χ4v) is 1.27. The second-order valence-electron chi connectivity index (χ2n) is 3.01. The van der Waals surface area contributed by atoms with E-state index in [2.05, 4.69) is 6.07 Å². The Morgan fingerprint density at radius 1 is 1.40 bits per heavy atom. The molecular weight excluding hydrogens is 282 g/mol. The summed E-state index contributed by atoms with van der Waals surface area (Å²) in [6.07, 6.45) is 1.48. The number of anilines is 1. The second kappa shape index (κ2) is 5.86. The fraction of sp³-hybridized carbons (Fsp3) is 0.182. The summed E-state index contributed by atoms with van der Waals surface area (Å²) in [6, 6.07) is 10.6. The molecule has 0 atom stereocenters. The smallest absolute Gasteiger partial charge is 0.358 e. The van der Waals surface area contributed by atoms with Gasteiger partial charge in [-0.25, -0.2) is 0 Å². The van der Waals surface area contributed by atoms with E-state index in [0.29, 0.717) is 6.67 Å². The summed E-state index contributed by atoms with van der Waals surface area (Å²) in [5.41, 5.74) is 0.891. The number of benzene rings is 1. The molecule has 1 aliphatic rings. The van der Waals surface area contributed by atoms with Gasteiger partial charge >= 0.3 is 19.5 Å². The molecule has 4 heteroatoms. The summed E-state index contributed by atoms with van der Waals surface area (Å²) in [5.74, 6) is -0.211. The minimum Gasteiger partial charge on any atom is -0.358 e. The van der Waals surface area contributed by atoms with Crippen LogP contribution in [-0.2, 0) is 19.5 Å². The molecule has 83 valence electrons. The largest absolute Gasteiger partial charge is 2.00 e. The van der Waals surface area contributed by atoms with E-state index in [1.165, 1.54) is 6.20 Å². The minimum absolute atomic E-state index is 0. The van der Waals surface area contributed by atoms with Crippen LogP contribution in [0.3, 0.4) is 0 Å². The first-order valence-corrected chi connectivity index (χ1v) is 4.09. The van der Waals surface area contributed by atoms with Gasteiger partial charge in [-0.05, 0) is 0 Å². The number of halogens is 1. The van der Waals surface area contributed by atoms with Gasteiger partial charge in [0.15, 0.2) is 0 Å². The molecule has 15 heavy (non-hydrogen) atoms. The quantitative estimate of drug-likeness (QED) is 0.446. The van der Waals surface area contributed by atoms with Crippen LogP contribution in [-0.4, -0.2) is 18.6 Å². The predicted molar refractivity (Wildman–Crippen MR) is 56.0 cm³/mol. The zero-order chi connectivity index (χ0) is 9.26. The van der Waals surface area contributed by atoms with Gasteiger partial charge in [0.1, 0.15) is 0 Å². The molecule has 0 amide bonds. The first-order chi connectivity index (χ1) is 6.27. The van der Waals surface area contributed by atoms with Gasteiger partial charge in [0.2, 0.25) is 5.95 Å². The zero-order valence-corrected chi connectivity index (χ0v) is 10.3. The Balaban J connectivity index is 0.000000980. The molecule has 0 saturated carbocycles. The maximum Gasteiger partial charge on any atom is 2.00 e. The minimum atomic E-state index is -0.211. The molecule has 1 aromatic rings. The standard InChI is InChI=1S/C10H10FN2.CH3.Rh/c1-12-8-13(7-10(12)11)9-5-3-2-4-6-9;;/h2-5,7H,8H2,1H3;1H3;/q2*-1;+2. The molecule has 0 N–H and O–H groups in total. The molecule has 0 aromatic heterocycles. The van der Waals surface area contributed by atoms with Crippen molar-refractivity contribution in [2.75, 3.05) is 18.6 Å². The van der Waals surface area contributed by atoms with E-state index in [9.17, 15) is 4.39 Å². The molecule has 0 aliphatic carbocycles. The van der Waals surface area contributed by atoms with Crippen molar-refractivity contribution in [2.45, 2.75) is 0 Å². The number of para-hydroxylation sites is 1. The van der Waals surface area contributed by atoms with Gasteiger partial charge in [-0.3, -0.25) is 0 Å². The average molecular weight is 295 g/mol. The van der Waals surface area contributed by atoms with Crippen LogP contribution in [0.4, 0.5) is 10.1 Å². The second-order valence-corrected chi connectivity index (χ2v) is 3.01. The monoisotopic (exact) mass is 295 g/mol. The number of hydrogen-bond donors (Lipinski definition) is 0. The summed E-state index contributed by atoms with van der Waals surface area (Å²) in [4.78, 5) is 3.36. The topological polar surface area (TPSA) is 6.48 Å². The van der Waals surface area contributed by atoms with Gasteiger partial charge in [-0.2, -0.15) is 28.7 Å². The third-order valence-corrected chi connectivity index (χ3v) is 1.99. The third-order valence-electron chi connectivity index (χ3n) is 1.99. The molecule has 2 rings (SSSR count). The number of hydrogen-bond acceptors (Lipinski definition) is 2. The van der Waals surface area contributed by atoms with E-state index in [4.69, 9.17) is 0 Å². The normalized spacial score (nSPS) is 14.1. The van der Waals surface area contributed by atoms with Gasteiger partial charge in [-0.15, -0.1) is 6.07 Å². The molecule has 0 bridgehead atoms. The van der Waals surface area contributed by atoms with E-state index in [1.807, 2.05) is 29.2 Å². The van der Waals surface area contributed by atoms with Crippen LogP contribution in [0.25, 0.3) is 0 Å². The van der Waals surface area contributed by atoms with E-state index in [0.717, 1.165) is 5.69 Å². The van der Waals surface area contributed by atoms with Crippen molar-refractivity contribution < 1.29 is 23.9 Å². The van der Waals surface area contributed by atoms with Crippen molar-refractivity contribution in [3.63, 3.8) is 0 Å². The Kier molecular flexibility index (Phi) is 5.52. The van der Waals surface area contributed by atoms with Crippen LogP contribution in [0.1, 0.15) is 0 Å². The molecule has 1 aromatic carbocycles. The van der Waals surface area contributed by atoms with Crippen LogP contribution in [0.15, 0.2) is 36.4 Å². The Bertz CT molecular complexity index is 327. The molecule has 2 nitrogen and oxygen atoms in total. The van der Waals surface area contributed by atoms with Crippen LogP contribution < -0.4 is 4.90 Å². The van der Waals surface area contributed by atoms with Crippen LogP contribution >= 0.6 is 0 Å². The van der Waals surface area contributed by atoms with Crippen molar-refractivity contribution in [3.05, 3.63) is 49.9 Å². The average Bonchev–Trinajstić information content (AvgIpc) is 2.49. The molecule has 1 aliphatic heterocycles. The first-order valence-electron chi connectivity index (χ1n) is 4.09. The van der Waals surface area contributed by atoms with Gasteiger partial charge < -0.3 is 17.2 Å². The summed E-state index contributed by atoms with van der Waals surface area (Å²) in [5, 5.41) is 0. The van der Waals surface area contributed by atoms with E-state index >= 15 is 0 Å². The Morgan fingerprint density at radius 2 is 2.13 bits per heavy atom. The SMILES string of the molecule is CN1CN(c2[c-]cccc2)C=C1F.[CH3-].[Rh+2]. The maximum absolute atomic E-state index is 13.0. The van der Waals surface area contributed by atoms with E-state index in [-0.39, 0.29) is 32.9 Å². The molecule has 0 fully saturated rings. The Hall–Kier alpha value is -0.887. The molecule has 1 heterocycles. The number of nitrogens with zero attached hydrogens (tertiary/aromatic N) is 2. The zero-order valence-electron chi connectivity index (χ0n) is 8.70. The van der Waals surface area contributed by atoms with Crippen LogP contribution in [0.5, 0.6) is 0 Å². The van der Waals surface area contributed by atoms with Gasteiger partial charge in [0, 0.05) is 7.05 Å². The van der Waals surface area contributed by atoms with Crippen LogP contribution in [0.2, 0.25) is 0 Å². The summed E-state index contributed by atoms with van der Waals surface area (Å²) >= 11 is 0. The molecule has 0 saturated heterocycles. The van der Waals surface area contributed by atoms with E-state index < -0.39 is 0 Å². The van der Waals surface area contributed by atoms with Gasteiger partial charge in [-0.1, -0.05) is 5.69 Å². The molecule has 0 unspecified atom stereocenters. The van der Waals surface area contributed by atoms with Gasteiger partial charge in [0.05, 0.1) is 12.9 Å². The van der Waals surface area contributed by atoms with Crippen molar-refractivity contribution in [1.82, 2.24) is 4.90 Å². The maximum atomic E-state index is 13.0. The summed E-state index contributed by atoms with van der Waals surface area (Å²) in [7, 11) is 1.72. The fourth-order valence-electron chi connectivity index (χ4n) is 1.27. The predicted octanol–water partition coefficient (Wildman–Crippen LogP) is 2.41. The van der Waals surface area contributed by atoms with Gasteiger partial charge in [0.25, 0.3) is 0 Å².